The van der Waals surface area contributed by atoms with E-state index in [1.54, 1.807) is 31.4 Å². The summed E-state index contributed by atoms with van der Waals surface area (Å²) in [5.74, 6) is 2.43. The van der Waals surface area contributed by atoms with Crippen molar-refractivity contribution in [2.75, 3.05) is 12.4 Å². The van der Waals surface area contributed by atoms with Gasteiger partial charge < -0.3 is 14.8 Å². The number of amides is 1. The zero-order valence-electron chi connectivity index (χ0n) is 17.6. The van der Waals surface area contributed by atoms with E-state index in [1.165, 1.54) is 4.80 Å². The largest absolute Gasteiger partial charge is 0.493 e. The van der Waals surface area contributed by atoms with Gasteiger partial charge in [0.05, 0.1) is 13.7 Å². The lowest BCUT2D eigenvalue weighted by molar-refractivity contribution is -0.116. The molecule has 0 saturated heterocycles. The van der Waals surface area contributed by atoms with Crippen LogP contribution in [0.25, 0.3) is 11.4 Å². The van der Waals surface area contributed by atoms with Gasteiger partial charge in [-0.2, -0.15) is 4.80 Å². The number of carbonyl (C=O) groups is 1. The van der Waals surface area contributed by atoms with Gasteiger partial charge in [0, 0.05) is 17.7 Å². The first kappa shape index (κ1) is 21.0. The maximum atomic E-state index is 12.3. The van der Waals surface area contributed by atoms with Crippen LogP contribution in [0.4, 0.5) is 5.69 Å². The number of hydrogen-bond acceptors (Lipinski definition) is 6. The summed E-state index contributed by atoms with van der Waals surface area (Å²) in [5, 5.41) is 15.4. The van der Waals surface area contributed by atoms with E-state index in [-0.39, 0.29) is 5.91 Å². The van der Waals surface area contributed by atoms with Crippen molar-refractivity contribution in [2.24, 2.45) is 0 Å². The first-order chi connectivity index (χ1) is 15.7. The summed E-state index contributed by atoms with van der Waals surface area (Å²) in [6, 6.07) is 24.3. The Balaban J connectivity index is 1.24. The van der Waals surface area contributed by atoms with E-state index in [2.05, 4.69) is 20.7 Å². The molecule has 0 spiro atoms. The molecule has 3 aromatic carbocycles. The van der Waals surface area contributed by atoms with Crippen LogP contribution in [0.1, 0.15) is 12.8 Å². The minimum absolute atomic E-state index is 0.0770. The lowest BCUT2D eigenvalue weighted by Crippen LogP contribution is -2.13. The number of para-hydroxylation sites is 2. The molecule has 32 heavy (non-hydrogen) atoms. The van der Waals surface area contributed by atoms with Crippen molar-refractivity contribution in [1.29, 1.82) is 0 Å². The molecule has 0 aliphatic rings. The van der Waals surface area contributed by atoms with Gasteiger partial charge in [-0.05, 0) is 48.0 Å². The van der Waals surface area contributed by atoms with E-state index in [4.69, 9.17) is 9.47 Å². The van der Waals surface area contributed by atoms with E-state index in [1.807, 2.05) is 54.6 Å². The highest BCUT2D eigenvalue weighted by Crippen LogP contribution is 2.31. The third kappa shape index (κ3) is 5.48. The van der Waals surface area contributed by atoms with Crippen LogP contribution in [0, 0.1) is 0 Å². The normalized spacial score (nSPS) is 10.5. The minimum Gasteiger partial charge on any atom is -0.493 e. The fourth-order valence-electron chi connectivity index (χ4n) is 3.08. The SMILES string of the molecule is COc1ccccc1Oc1ccc(NC(=O)CCCn2nnc(-c3ccccc3)n2)cc1. The van der Waals surface area contributed by atoms with Gasteiger partial charge >= 0.3 is 0 Å². The maximum Gasteiger partial charge on any atom is 0.224 e. The molecular weight excluding hydrogens is 406 g/mol. The van der Waals surface area contributed by atoms with Gasteiger partial charge in [-0.15, -0.1) is 10.2 Å². The number of benzene rings is 3. The highest BCUT2D eigenvalue weighted by Gasteiger charge is 2.08. The Kier molecular flexibility index (Phi) is 6.72. The Morgan fingerprint density at radius 2 is 1.66 bits per heavy atom. The van der Waals surface area contributed by atoms with Crippen LogP contribution in [0.15, 0.2) is 78.9 Å². The number of hydrogen-bond donors (Lipinski definition) is 1. The number of rotatable bonds is 9. The predicted octanol–water partition coefficient (Wildman–Crippen LogP) is 4.56. The van der Waals surface area contributed by atoms with Crippen LogP contribution >= 0.6 is 0 Å². The molecule has 1 heterocycles. The van der Waals surface area contributed by atoms with Crippen molar-refractivity contribution in [3.05, 3.63) is 78.9 Å². The van der Waals surface area contributed by atoms with E-state index < -0.39 is 0 Å². The number of tetrazole rings is 1. The number of anilines is 1. The third-order valence-corrected chi connectivity index (χ3v) is 4.68. The topological polar surface area (TPSA) is 91.2 Å². The Morgan fingerprint density at radius 1 is 0.938 bits per heavy atom. The van der Waals surface area contributed by atoms with Gasteiger partial charge in [0.2, 0.25) is 11.7 Å². The lowest BCUT2D eigenvalue weighted by Gasteiger charge is -2.10. The van der Waals surface area contributed by atoms with Crippen molar-refractivity contribution in [3.63, 3.8) is 0 Å². The van der Waals surface area contributed by atoms with Gasteiger partial charge in [-0.1, -0.05) is 42.5 Å². The Hall–Kier alpha value is -4.20. The molecule has 1 amide bonds. The van der Waals surface area contributed by atoms with Crippen LogP contribution in [-0.2, 0) is 11.3 Å². The van der Waals surface area contributed by atoms with Gasteiger partial charge in [0.1, 0.15) is 5.75 Å². The monoisotopic (exact) mass is 429 g/mol. The second-order valence-corrected chi connectivity index (χ2v) is 7.00. The number of carbonyl (C=O) groups excluding carboxylic acids is 1. The molecule has 8 nitrogen and oxygen atoms in total. The number of aryl methyl sites for hydroxylation is 1. The van der Waals surface area contributed by atoms with Crippen LogP contribution in [0.5, 0.6) is 17.2 Å². The molecule has 4 aromatic rings. The first-order valence-corrected chi connectivity index (χ1v) is 10.3. The first-order valence-electron chi connectivity index (χ1n) is 10.3. The highest BCUT2D eigenvalue weighted by molar-refractivity contribution is 5.90. The van der Waals surface area contributed by atoms with Gasteiger partial charge in [-0.25, -0.2) is 0 Å². The predicted molar refractivity (Wildman–Crippen MR) is 121 cm³/mol. The fourth-order valence-corrected chi connectivity index (χ4v) is 3.08. The molecular formula is C24H23N5O3. The fraction of sp³-hybridized carbons (Fsp3) is 0.167. The van der Waals surface area contributed by atoms with Gasteiger partial charge in [0.25, 0.3) is 0 Å². The molecule has 0 aliphatic heterocycles. The summed E-state index contributed by atoms with van der Waals surface area (Å²) < 4.78 is 11.1. The smallest absolute Gasteiger partial charge is 0.224 e. The molecule has 8 heteroatoms. The molecule has 0 atom stereocenters. The van der Waals surface area contributed by atoms with Crippen molar-refractivity contribution in [3.8, 4) is 28.6 Å². The Morgan fingerprint density at radius 3 is 2.41 bits per heavy atom. The molecule has 0 unspecified atom stereocenters. The van der Waals surface area contributed by atoms with E-state index in [9.17, 15) is 4.79 Å². The van der Waals surface area contributed by atoms with E-state index in [0.717, 1.165) is 5.56 Å². The number of aromatic nitrogens is 4. The molecule has 162 valence electrons. The number of methoxy groups -OCH3 is 1. The molecule has 0 fully saturated rings. The van der Waals surface area contributed by atoms with Gasteiger partial charge in [-0.3, -0.25) is 4.79 Å². The lowest BCUT2D eigenvalue weighted by atomic mass is 10.2. The average Bonchev–Trinajstić information content (AvgIpc) is 3.30. The van der Waals surface area contributed by atoms with E-state index in [0.29, 0.717) is 48.1 Å². The quantitative estimate of drug-likeness (QED) is 0.419. The highest BCUT2D eigenvalue weighted by atomic mass is 16.5. The maximum absolute atomic E-state index is 12.3. The number of ether oxygens (including phenoxy) is 2. The summed E-state index contributed by atoms with van der Waals surface area (Å²) >= 11 is 0. The zero-order valence-corrected chi connectivity index (χ0v) is 17.6. The number of nitrogens with zero attached hydrogens (tertiary/aromatic N) is 4. The summed E-state index contributed by atoms with van der Waals surface area (Å²) in [5.41, 5.74) is 1.61. The molecule has 1 N–H and O–H groups in total. The Bertz CT molecular complexity index is 1160. The summed E-state index contributed by atoms with van der Waals surface area (Å²) in [4.78, 5) is 13.8. The summed E-state index contributed by atoms with van der Waals surface area (Å²) in [6.07, 6.45) is 0.951. The van der Waals surface area contributed by atoms with Crippen LogP contribution in [0.2, 0.25) is 0 Å². The minimum atomic E-state index is -0.0770. The van der Waals surface area contributed by atoms with Crippen molar-refractivity contribution >= 4 is 11.6 Å². The third-order valence-electron chi connectivity index (χ3n) is 4.68. The van der Waals surface area contributed by atoms with Crippen molar-refractivity contribution < 1.29 is 14.3 Å². The summed E-state index contributed by atoms with van der Waals surface area (Å²) in [7, 11) is 1.60. The second-order valence-electron chi connectivity index (χ2n) is 7.00. The van der Waals surface area contributed by atoms with E-state index >= 15 is 0 Å². The molecule has 0 radical (unpaired) electrons. The Labute approximate surface area is 185 Å². The van der Waals surface area contributed by atoms with Crippen LogP contribution in [0.3, 0.4) is 0 Å². The van der Waals surface area contributed by atoms with Gasteiger partial charge in [0.15, 0.2) is 11.5 Å². The standard InChI is InChI=1S/C24H23N5O3/c1-31-21-10-5-6-11-22(21)32-20-15-13-19(14-16-20)25-23(30)12-7-17-29-27-24(26-28-29)18-8-3-2-4-9-18/h2-6,8-11,13-16H,7,12,17H2,1H3,(H,25,30). The summed E-state index contributed by atoms with van der Waals surface area (Å²) in [6.45, 7) is 0.513. The van der Waals surface area contributed by atoms with Crippen molar-refractivity contribution in [2.45, 2.75) is 19.4 Å². The molecule has 1 aromatic heterocycles. The molecule has 0 saturated carbocycles. The van der Waals surface area contributed by atoms with Crippen LogP contribution in [-0.4, -0.2) is 33.2 Å². The second kappa shape index (κ2) is 10.2. The average molecular weight is 429 g/mol. The molecule has 4 rings (SSSR count). The molecule has 0 bridgehead atoms. The van der Waals surface area contributed by atoms with Crippen molar-refractivity contribution in [1.82, 2.24) is 20.2 Å². The zero-order chi connectivity index (χ0) is 22.2. The number of nitrogens with one attached hydrogen (secondary N) is 1. The van der Waals surface area contributed by atoms with Crippen LogP contribution < -0.4 is 14.8 Å². The molecule has 0 aliphatic carbocycles.